The molecular formula is C17H12N4O. The number of nitrogens with two attached hydrogens (primary N) is 1. The van der Waals surface area contributed by atoms with Crippen molar-refractivity contribution in [3.8, 4) is 11.4 Å². The van der Waals surface area contributed by atoms with Gasteiger partial charge in [0.25, 0.3) is 5.91 Å². The number of pyridine rings is 1. The van der Waals surface area contributed by atoms with E-state index in [0.717, 1.165) is 22.0 Å². The van der Waals surface area contributed by atoms with Gasteiger partial charge in [-0.15, -0.1) is 0 Å². The first-order chi connectivity index (χ1) is 10.7. The normalized spacial score (nSPS) is 11.1. The molecule has 0 saturated carbocycles. The Morgan fingerprint density at radius 2 is 2.00 bits per heavy atom. The first-order valence-corrected chi connectivity index (χ1v) is 6.86. The summed E-state index contributed by atoms with van der Waals surface area (Å²) < 4.78 is 0. The van der Waals surface area contributed by atoms with Gasteiger partial charge in [0, 0.05) is 17.1 Å². The van der Waals surface area contributed by atoms with E-state index in [-0.39, 0.29) is 0 Å². The summed E-state index contributed by atoms with van der Waals surface area (Å²) in [6, 6.07) is 15.2. The van der Waals surface area contributed by atoms with Crippen molar-refractivity contribution in [1.82, 2.24) is 15.0 Å². The number of para-hydroxylation sites is 1. The molecule has 0 atom stereocenters. The number of nitrogens with one attached hydrogen (secondary N) is 1. The van der Waals surface area contributed by atoms with E-state index in [0.29, 0.717) is 16.9 Å². The van der Waals surface area contributed by atoms with Crippen molar-refractivity contribution < 1.29 is 4.79 Å². The first kappa shape index (κ1) is 12.5. The number of rotatable bonds is 2. The van der Waals surface area contributed by atoms with E-state index in [4.69, 9.17) is 5.73 Å². The largest absolute Gasteiger partial charge is 0.366 e. The van der Waals surface area contributed by atoms with Crippen LogP contribution in [0.3, 0.4) is 0 Å². The lowest BCUT2D eigenvalue weighted by Gasteiger charge is -1.99. The van der Waals surface area contributed by atoms with Crippen molar-refractivity contribution in [2.75, 3.05) is 0 Å². The van der Waals surface area contributed by atoms with Gasteiger partial charge in [0.1, 0.15) is 11.3 Å². The molecule has 0 aliphatic carbocycles. The Bertz CT molecular complexity index is 1020. The quantitative estimate of drug-likeness (QED) is 0.594. The number of carbonyl (C=O) groups excluding carboxylic acids is 1. The van der Waals surface area contributed by atoms with Crippen molar-refractivity contribution in [1.29, 1.82) is 0 Å². The number of nitrogens with zero attached hydrogens (tertiary/aromatic N) is 2. The molecule has 106 valence electrons. The highest BCUT2D eigenvalue weighted by atomic mass is 16.1. The van der Waals surface area contributed by atoms with E-state index in [2.05, 4.69) is 15.0 Å². The van der Waals surface area contributed by atoms with E-state index in [1.807, 2.05) is 36.4 Å². The van der Waals surface area contributed by atoms with E-state index < -0.39 is 5.91 Å². The molecule has 4 rings (SSSR count). The zero-order valence-electron chi connectivity index (χ0n) is 11.6. The monoisotopic (exact) mass is 288 g/mol. The number of aromatic nitrogens is 3. The van der Waals surface area contributed by atoms with Gasteiger partial charge < -0.3 is 10.7 Å². The number of H-pyrrole nitrogens is 1. The molecule has 2 aromatic heterocycles. The fourth-order valence-electron chi connectivity index (χ4n) is 2.59. The first-order valence-electron chi connectivity index (χ1n) is 6.86. The Kier molecular flexibility index (Phi) is 2.66. The molecule has 0 bridgehead atoms. The number of primary amides is 1. The number of amides is 1. The average Bonchev–Trinajstić information content (AvgIpc) is 2.98. The second-order valence-corrected chi connectivity index (χ2v) is 5.06. The predicted molar refractivity (Wildman–Crippen MR) is 85.3 cm³/mol. The van der Waals surface area contributed by atoms with Crippen LogP contribution in [0, 0.1) is 0 Å². The molecule has 0 spiro atoms. The Balaban J connectivity index is 1.92. The number of aromatic amines is 1. The maximum atomic E-state index is 11.5. The summed E-state index contributed by atoms with van der Waals surface area (Å²) in [5.41, 5.74) is 9.07. The van der Waals surface area contributed by atoms with Crippen LogP contribution < -0.4 is 5.73 Å². The van der Waals surface area contributed by atoms with Gasteiger partial charge >= 0.3 is 0 Å². The van der Waals surface area contributed by atoms with Crippen LogP contribution in [-0.4, -0.2) is 20.9 Å². The topological polar surface area (TPSA) is 84.7 Å². The van der Waals surface area contributed by atoms with Gasteiger partial charge in [0.05, 0.1) is 16.6 Å². The second kappa shape index (κ2) is 4.66. The van der Waals surface area contributed by atoms with Crippen molar-refractivity contribution in [2.24, 2.45) is 5.73 Å². The fourth-order valence-corrected chi connectivity index (χ4v) is 2.59. The maximum absolute atomic E-state index is 11.5. The van der Waals surface area contributed by atoms with Gasteiger partial charge in [0.15, 0.2) is 0 Å². The maximum Gasteiger partial charge on any atom is 0.250 e. The minimum Gasteiger partial charge on any atom is -0.366 e. The van der Waals surface area contributed by atoms with Crippen LogP contribution in [-0.2, 0) is 0 Å². The van der Waals surface area contributed by atoms with Gasteiger partial charge in [0.2, 0.25) is 0 Å². The molecule has 0 aliphatic heterocycles. The molecule has 0 unspecified atom stereocenters. The van der Waals surface area contributed by atoms with Gasteiger partial charge in [-0.1, -0.05) is 12.1 Å². The smallest absolute Gasteiger partial charge is 0.250 e. The number of hydrogen-bond acceptors (Lipinski definition) is 3. The Labute approximate surface area is 125 Å². The van der Waals surface area contributed by atoms with Crippen LogP contribution in [0.5, 0.6) is 0 Å². The Morgan fingerprint density at radius 1 is 1.09 bits per heavy atom. The molecule has 3 N–H and O–H groups in total. The van der Waals surface area contributed by atoms with Crippen LogP contribution in [0.1, 0.15) is 10.4 Å². The molecule has 4 aromatic rings. The number of fused-ring (bicyclic) bond motifs is 2. The summed E-state index contributed by atoms with van der Waals surface area (Å²) in [5.74, 6) is 0.223. The minimum absolute atomic E-state index is 0.419. The lowest BCUT2D eigenvalue weighted by molar-refractivity contribution is 0.100. The van der Waals surface area contributed by atoms with Gasteiger partial charge in [-0.05, 0) is 36.4 Å². The summed E-state index contributed by atoms with van der Waals surface area (Å²) in [4.78, 5) is 23.6. The molecule has 2 aromatic carbocycles. The molecule has 0 radical (unpaired) electrons. The highest BCUT2D eigenvalue weighted by Gasteiger charge is 2.12. The fraction of sp³-hybridized carbons (Fsp3) is 0. The third-order valence-electron chi connectivity index (χ3n) is 3.65. The summed E-state index contributed by atoms with van der Waals surface area (Å²) >= 11 is 0. The van der Waals surface area contributed by atoms with Crippen molar-refractivity contribution in [3.63, 3.8) is 0 Å². The molecule has 22 heavy (non-hydrogen) atoms. The summed E-state index contributed by atoms with van der Waals surface area (Å²) in [6.07, 6.45) is 1.77. The molecule has 5 nitrogen and oxygen atoms in total. The zero-order valence-corrected chi connectivity index (χ0v) is 11.6. The highest BCUT2D eigenvalue weighted by Crippen LogP contribution is 2.25. The van der Waals surface area contributed by atoms with Gasteiger partial charge in [-0.2, -0.15) is 0 Å². The minimum atomic E-state index is -0.480. The number of hydrogen-bond donors (Lipinski definition) is 2. The van der Waals surface area contributed by atoms with Gasteiger partial charge in [-0.3, -0.25) is 9.78 Å². The molecular weight excluding hydrogens is 276 g/mol. The summed E-state index contributed by atoms with van der Waals surface area (Å²) in [7, 11) is 0. The second-order valence-electron chi connectivity index (χ2n) is 5.06. The van der Waals surface area contributed by atoms with Crippen molar-refractivity contribution >= 4 is 27.8 Å². The number of benzene rings is 2. The summed E-state index contributed by atoms with van der Waals surface area (Å²) in [6.45, 7) is 0. The number of carbonyl (C=O) groups is 1. The third kappa shape index (κ3) is 1.91. The van der Waals surface area contributed by atoms with Crippen LogP contribution in [0.2, 0.25) is 0 Å². The van der Waals surface area contributed by atoms with Crippen molar-refractivity contribution in [3.05, 3.63) is 60.3 Å². The predicted octanol–water partition coefficient (Wildman–Crippen LogP) is 2.88. The van der Waals surface area contributed by atoms with Crippen LogP contribution in [0.25, 0.3) is 33.3 Å². The average molecular weight is 288 g/mol. The summed E-state index contributed by atoms with van der Waals surface area (Å²) in [5, 5.41) is 1.04. The van der Waals surface area contributed by atoms with E-state index in [1.165, 1.54) is 0 Å². The van der Waals surface area contributed by atoms with Crippen LogP contribution >= 0.6 is 0 Å². The molecule has 2 heterocycles. The molecule has 0 fully saturated rings. The van der Waals surface area contributed by atoms with Crippen LogP contribution in [0.4, 0.5) is 0 Å². The third-order valence-corrected chi connectivity index (χ3v) is 3.65. The lowest BCUT2D eigenvalue weighted by Crippen LogP contribution is -2.11. The SMILES string of the molecule is NC(=O)c1cccc2[nH]c(-c3ccc4ncccc4c3)nc12. The number of imidazole rings is 1. The molecule has 5 heteroatoms. The zero-order chi connectivity index (χ0) is 15.1. The molecule has 1 amide bonds. The molecule has 0 saturated heterocycles. The molecule has 0 aliphatic rings. The van der Waals surface area contributed by atoms with E-state index >= 15 is 0 Å². The van der Waals surface area contributed by atoms with Crippen molar-refractivity contribution in [2.45, 2.75) is 0 Å². The van der Waals surface area contributed by atoms with Crippen LogP contribution in [0.15, 0.2) is 54.7 Å². The Hall–Kier alpha value is -3.21. The van der Waals surface area contributed by atoms with E-state index in [1.54, 1.807) is 18.3 Å². The van der Waals surface area contributed by atoms with E-state index in [9.17, 15) is 4.79 Å². The lowest BCUT2D eigenvalue weighted by atomic mass is 10.1. The highest BCUT2D eigenvalue weighted by molar-refractivity contribution is 6.04. The standard InChI is InChI=1S/C17H12N4O/c18-16(22)12-4-1-5-14-15(12)21-17(20-14)11-6-7-13-10(9-11)3-2-8-19-13/h1-9H,(H2,18,22)(H,20,21). The van der Waals surface area contributed by atoms with Gasteiger partial charge in [-0.25, -0.2) is 4.98 Å². The Morgan fingerprint density at radius 3 is 2.86 bits per heavy atom.